The van der Waals surface area contributed by atoms with Gasteiger partial charge in [-0.3, -0.25) is 0 Å². The maximum Gasteiger partial charge on any atom is 0.354 e. The van der Waals surface area contributed by atoms with Gasteiger partial charge in [0.1, 0.15) is 0 Å². The first-order valence-electron chi connectivity index (χ1n) is 5.89. The van der Waals surface area contributed by atoms with E-state index in [1.807, 2.05) is 0 Å². The first-order valence-corrected chi connectivity index (χ1v) is 6.27. The second-order valence-electron chi connectivity index (χ2n) is 4.15. The number of aromatic nitrogens is 4. The van der Waals surface area contributed by atoms with E-state index < -0.39 is 5.97 Å². The monoisotopic (exact) mass is 304 g/mol. The molecule has 0 radical (unpaired) electrons. The highest BCUT2D eigenvalue weighted by Crippen LogP contribution is 2.22. The summed E-state index contributed by atoms with van der Waals surface area (Å²) in [6, 6.07) is 8.38. The van der Waals surface area contributed by atoms with Gasteiger partial charge in [-0.15, -0.1) is 5.10 Å². The van der Waals surface area contributed by atoms with Gasteiger partial charge in [0.2, 0.25) is 0 Å². The zero-order valence-electron chi connectivity index (χ0n) is 10.8. The number of carboxylic acids is 1. The highest BCUT2D eigenvalue weighted by molar-refractivity contribution is 6.30. The second-order valence-corrected chi connectivity index (χ2v) is 4.59. The summed E-state index contributed by atoms with van der Waals surface area (Å²) in [7, 11) is 1.40. The molecule has 3 aromatic rings. The van der Waals surface area contributed by atoms with Crippen molar-refractivity contribution in [1.82, 2.24) is 19.6 Å². The van der Waals surface area contributed by atoms with Crippen LogP contribution in [-0.4, -0.2) is 37.8 Å². The first-order chi connectivity index (χ1) is 10.1. The number of nitrogens with zero attached hydrogens (tertiary/aromatic N) is 4. The van der Waals surface area contributed by atoms with Gasteiger partial charge in [0.25, 0.3) is 5.78 Å². The standard InChI is InChI=1S/C13H9ClN4O3/c1-21-13-16-12-15-9(7-2-4-8(14)5-3-7)6-10(11(19)20)18(12)17-13/h2-6H,1H3,(H,19,20). The highest BCUT2D eigenvalue weighted by atomic mass is 35.5. The molecule has 0 fully saturated rings. The van der Waals surface area contributed by atoms with E-state index in [1.165, 1.54) is 13.2 Å². The van der Waals surface area contributed by atoms with Crippen LogP contribution in [0.25, 0.3) is 17.0 Å². The molecule has 0 aliphatic rings. The number of carbonyl (C=O) groups is 1. The Hall–Kier alpha value is -2.67. The van der Waals surface area contributed by atoms with Crippen LogP contribution >= 0.6 is 11.6 Å². The van der Waals surface area contributed by atoms with Gasteiger partial charge in [-0.2, -0.15) is 9.50 Å². The minimum absolute atomic E-state index is 0.0539. The van der Waals surface area contributed by atoms with E-state index >= 15 is 0 Å². The molecule has 2 aromatic heterocycles. The fourth-order valence-electron chi connectivity index (χ4n) is 1.86. The van der Waals surface area contributed by atoms with E-state index in [4.69, 9.17) is 16.3 Å². The summed E-state index contributed by atoms with van der Waals surface area (Å²) in [6.07, 6.45) is 0. The summed E-state index contributed by atoms with van der Waals surface area (Å²) in [5.41, 5.74) is 1.14. The topological polar surface area (TPSA) is 89.6 Å². The molecule has 106 valence electrons. The third kappa shape index (κ3) is 2.38. The van der Waals surface area contributed by atoms with Crippen LogP contribution < -0.4 is 4.74 Å². The van der Waals surface area contributed by atoms with Crippen molar-refractivity contribution in [2.75, 3.05) is 7.11 Å². The Kier molecular flexibility index (Phi) is 3.19. The summed E-state index contributed by atoms with van der Waals surface area (Å²) in [4.78, 5) is 19.7. The molecule has 8 heteroatoms. The molecule has 0 bridgehead atoms. The van der Waals surface area contributed by atoms with Crippen molar-refractivity contribution in [3.8, 4) is 17.3 Å². The van der Waals surface area contributed by atoms with Crippen LogP contribution in [0.15, 0.2) is 30.3 Å². The number of benzene rings is 1. The Morgan fingerprint density at radius 3 is 2.62 bits per heavy atom. The van der Waals surface area contributed by atoms with Crippen LogP contribution in [0.3, 0.4) is 0 Å². The number of rotatable bonds is 3. The number of ether oxygens (including phenoxy) is 1. The zero-order chi connectivity index (χ0) is 15.0. The smallest absolute Gasteiger partial charge is 0.354 e. The predicted octanol–water partition coefficient (Wildman–Crippen LogP) is 2.15. The SMILES string of the molecule is COc1nc2nc(-c3ccc(Cl)cc3)cc(C(=O)O)n2n1. The normalized spacial score (nSPS) is 10.8. The van der Waals surface area contributed by atoms with Crippen LogP contribution in [-0.2, 0) is 0 Å². The molecule has 0 spiro atoms. The van der Waals surface area contributed by atoms with Crippen molar-refractivity contribution < 1.29 is 14.6 Å². The predicted molar refractivity (Wildman–Crippen MR) is 74.7 cm³/mol. The van der Waals surface area contributed by atoms with Crippen LogP contribution in [0.5, 0.6) is 6.01 Å². The number of halogens is 1. The largest absolute Gasteiger partial charge is 0.477 e. The Morgan fingerprint density at radius 2 is 2.00 bits per heavy atom. The molecule has 0 aliphatic heterocycles. The molecule has 0 atom stereocenters. The van der Waals surface area contributed by atoms with E-state index in [2.05, 4.69) is 15.1 Å². The molecule has 1 aromatic carbocycles. The van der Waals surface area contributed by atoms with Crippen LogP contribution in [0, 0.1) is 0 Å². The lowest BCUT2D eigenvalue weighted by atomic mass is 10.1. The maximum atomic E-state index is 11.4. The minimum atomic E-state index is -1.13. The summed E-state index contributed by atoms with van der Waals surface area (Å²) >= 11 is 5.84. The molecule has 1 N–H and O–H groups in total. The third-order valence-corrected chi connectivity index (χ3v) is 3.09. The molecule has 3 rings (SSSR count). The van der Waals surface area contributed by atoms with Gasteiger partial charge in [-0.1, -0.05) is 23.7 Å². The van der Waals surface area contributed by atoms with Crippen molar-refractivity contribution in [1.29, 1.82) is 0 Å². The molecule has 2 heterocycles. The third-order valence-electron chi connectivity index (χ3n) is 2.83. The van der Waals surface area contributed by atoms with Gasteiger partial charge in [0, 0.05) is 10.6 Å². The lowest BCUT2D eigenvalue weighted by molar-refractivity contribution is 0.0687. The highest BCUT2D eigenvalue weighted by Gasteiger charge is 2.16. The zero-order valence-corrected chi connectivity index (χ0v) is 11.6. The molecule has 0 saturated carbocycles. The number of aromatic carboxylic acids is 1. The van der Waals surface area contributed by atoms with Crippen LogP contribution in [0.2, 0.25) is 5.02 Å². The van der Waals surface area contributed by atoms with Gasteiger partial charge < -0.3 is 9.84 Å². The Bertz CT molecular complexity index is 829. The van der Waals surface area contributed by atoms with Gasteiger partial charge in [-0.05, 0) is 18.2 Å². The number of hydrogen-bond acceptors (Lipinski definition) is 5. The molecule has 0 unspecified atom stereocenters. The second kappa shape index (κ2) is 5.02. The van der Waals surface area contributed by atoms with Crippen molar-refractivity contribution >= 4 is 23.3 Å². The number of carboxylic acid groups (broad SMARTS) is 1. The van der Waals surface area contributed by atoms with Crippen molar-refractivity contribution in [2.24, 2.45) is 0 Å². The van der Waals surface area contributed by atoms with E-state index in [0.717, 1.165) is 10.1 Å². The molecule has 21 heavy (non-hydrogen) atoms. The van der Waals surface area contributed by atoms with E-state index in [1.54, 1.807) is 24.3 Å². The molecule has 7 nitrogen and oxygen atoms in total. The fraction of sp³-hybridized carbons (Fsp3) is 0.0769. The summed E-state index contributed by atoms with van der Waals surface area (Å²) < 4.78 is 6.03. The van der Waals surface area contributed by atoms with E-state index in [0.29, 0.717) is 10.7 Å². The molecular weight excluding hydrogens is 296 g/mol. The van der Waals surface area contributed by atoms with Crippen molar-refractivity contribution in [3.63, 3.8) is 0 Å². The Labute approximate surface area is 123 Å². The lowest BCUT2D eigenvalue weighted by Gasteiger charge is -2.04. The summed E-state index contributed by atoms with van der Waals surface area (Å²) in [5.74, 6) is -0.984. The minimum Gasteiger partial charge on any atom is -0.477 e. The Balaban J connectivity index is 2.24. The number of methoxy groups -OCH3 is 1. The lowest BCUT2D eigenvalue weighted by Crippen LogP contribution is -2.08. The maximum absolute atomic E-state index is 11.4. The summed E-state index contributed by atoms with van der Waals surface area (Å²) in [5, 5.41) is 13.8. The van der Waals surface area contributed by atoms with Gasteiger partial charge in [-0.25, -0.2) is 9.78 Å². The van der Waals surface area contributed by atoms with E-state index in [-0.39, 0.29) is 17.5 Å². The number of hydrogen-bond donors (Lipinski definition) is 1. The van der Waals surface area contributed by atoms with Gasteiger partial charge >= 0.3 is 12.0 Å². The molecule has 0 amide bonds. The van der Waals surface area contributed by atoms with Gasteiger partial charge in [0.05, 0.1) is 12.8 Å². The van der Waals surface area contributed by atoms with Crippen LogP contribution in [0.1, 0.15) is 10.5 Å². The summed E-state index contributed by atoms with van der Waals surface area (Å²) in [6.45, 7) is 0. The molecular formula is C13H9ClN4O3. The Morgan fingerprint density at radius 1 is 1.29 bits per heavy atom. The average molecular weight is 305 g/mol. The van der Waals surface area contributed by atoms with Gasteiger partial charge in [0.15, 0.2) is 5.69 Å². The number of fused-ring (bicyclic) bond motifs is 1. The first kappa shape index (κ1) is 13.3. The average Bonchev–Trinajstić information content (AvgIpc) is 2.89. The van der Waals surface area contributed by atoms with Crippen molar-refractivity contribution in [2.45, 2.75) is 0 Å². The van der Waals surface area contributed by atoms with E-state index in [9.17, 15) is 9.90 Å². The quantitative estimate of drug-likeness (QED) is 0.797. The van der Waals surface area contributed by atoms with Crippen LogP contribution in [0.4, 0.5) is 0 Å². The molecule has 0 aliphatic carbocycles. The fourth-order valence-corrected chi connectivity index (χ4v) is 1.98. The molecule has 0 saturated heterocycles. The van der Waals surface area contributed by atoms with Crippen molar-refractivity contribution in [3.05, 3.63) is 41.0 Å².